The van der Waals surface area contributed by atoms with Crippen LogP contribution in [0, 0.1) is 13.8 Å². The molecule has 0 saturated heterocycles. The molecule has 16 heavy (non-hydrogen) atoms. The van der Waals surface area contributed by atoms with Crippen molar-refractivity contribution in [3.05, 3.63) is 28.8 Å². The van der Waals surface area contributed by atoms with Gasteiger partial charge in [-0.25, -0.2) is 4.79 Å². The standard InChI is InChI=1S/C11H12F2O3/c1-6-3-8(4-7(2)9(6)14)5-11(12,13)10(15)16/h3-4,14H,5H2,1-2H3,(H,15,16). The second-order valence-electron chi connectivity index (χ2n) is 3.76. The van der Waals surface area contributed by atoms with Crippen LogP contribution in [0.2, 0.25) is 0 Å². The summed E-state index contributed by atoms with van der Waals surface area (Å²) in [6.07, 6.45) is -0.871. The Morgan fingerprint density at radius 3 is 2.12 bits per heavy atom. The van der Waals surface area contributed by atoms with Crippen LogP contribution in [0.4, 0.5) is 8.78 Å². The van der Waals surface area contributed by atoms with Gasteiger partial charge in [0.2, 0.25) is 0 Å². The molecule has 1 rings (SSSR count). The predicted molar refractivity (Wildman–Crippen MR) is 53.9 cm³/mol. The van der Waals surface area contributed by atoms with Gasteiger partial charge in [-0.05, 0) is 30.5 Å². The summed E-state index contributed by atoms with van der Waals surface area (Å²) in [5, 5.41) is 17.7. The van der Waals surface area contributed by atoms with Crippen molar-refractivity contribution in [3.63, 3.8) is 0 Å². The van der Waals surface area contributed by atoms with Crippen molar-refractivity contribution in [3.8, 4) is 5.75 Å². The van der Waals surface area contributed by atoms with Crippen LogP contribution in [0.3, 0.4) is 0 Å². The second-order valence-corrected chi connectivity index (χ2v) is 3.76. The van der Waals surface area contributed by atoms with Crippen LogP contribution in [0.1, 0.15) is 16.7 Å². The number of carboxylic acids is 1. The van der Waals surface area contributed by atoms with E-state index in [1.165, 1.54) is 12.1 Å². The molecule has 0 unspecified atom stereocenters. The fraction of sp³-hybridized carbons (Fsp3) is 0.364. The van der Waals surface area contributed by atoms with Gasteiger partial charge in [-0.15, -0.1) is 0 Å². The summed E-state index contributed by atoms with van der Waals surface area (Å²) < 4.78 is 25.9. The lowest BCUT2D eigenvalue weighted by Gasteiger charge is -2.13. The molecule has 0 atom stereocenters. The predicted octanol–water partition coefficient (Wildman–Crippen LogP) is 2.27. The minimum atomic E-state index is -3.78. The normalized spacial score (nSPS) is 11.5. The molecule has 0 aliphatic carbocycles. The number of aryl methyl sites for hydroxylation is 2. The van der Waals surface area contributed by atoms with Gasteiger partial charge >= 0.3 is 11.9 Å². The smallest absolute Gasteiger partial charge is 0.374 e. The van der Waals surface area contributed by atoms with Gasteiger partial charge in [0, 0.05) is 6.42 Å². The molecule has 0 aromatic heterocycles. The molecular formula is C11H12F2O3. The highest BCUT2D eigenvalue weighted by Gasteiger charge is 2.38. The molecular weight excluding hydrogens is 218 g/mol. The number of aromatic hydroxyl groups is 1. The van der Waals surface area contributed by atoms with E-state index in [0.717, 1.165) is 0 Å². The van der Waals surface area contributed by atoms with E-state index in [4.69, 9.17) is 5.11 Å². The zero-order valence-corrected chi connectivity index (χ0v) is 8.92. The maximum Gasteiger partial charge on any atom is 0.374 e. The lowest BCUT2D eigenvalue weighted by Crippen LogP contribution is -2.30. The Morgan fingerprint density at radius 1 is 1.31 bits per heavy atom. The van der Waals surface area contributed by atoms with Gasteiger partial charge in [0.25, 0.3) is 0 Å². The summed E-state index contributed by atoms with van der Waals surface area (Å²) in [5.41, 5.74) is 1.10. The number of rotatable bonds is 3. The van der Waals surface area contributed by atoms with Crippen molar-refractivity contribution >= 4 is 5.97 Å². The number of alkyl halides is 2. The maximum atomic E-state index is 12.9. The summed E-state index contributed by atoms with van der Waals surface area (Å²) in [5.74, 6) is -5.88. The zero-order chi connectivity index (χ0) is 12.5. The maximum absolute atomic E-state index is 12.9. The average molecular weight is 230 g/mol. The first-order chi connectivity index (χ1) is 7.24. The molecule has 3 nitrogen and oxygen atoms in total. The number of phenolic OH excluding ortho intramolecular Hbond substituents is 1. The highest BCUT2D eigenvalue weighted by Crippen LogP contribution is 2.27. The van der Waals surface area contributed by atoms with Crippen molar-refractivity contribution in [1.82, 2.24) is 0 Å². The molecule has 0 amide bonds. The molecule has 5 heteroatoms. The number of hydrogen-bond donors (Lipinski definition) is 2. The lowest BCUT2D eigenvalue weighted by atomic mass is 10.0. The van der Waals surface area contributed by atoms with Crippen LogP contribution < -0.4 is 0 Å². The topological polar surface area (TPSA) is 57.5 Å². The molecule has 88 valence electrons. The molecule has 0 aliphatic heterocycles. The van der Waals surface area contributed by atoms with Crippen molar-refractivity contribution in [2.45, 2.75) is 26.2 Å². The monoisotopic (exact) mass is 230 g/mol. The van der Waals surface area contributed by atoms with Gasteiger partial charge < -0.3 is 10.2 Å². The van der Waals surface area contributed by atoms with Crippen LogP contribution >= 0.6 is 0 Å². The van der Waals surface area contributed by atoms with Crippen LogP contribution in [-0.4, -0.2) is 22.1 Å². The summed E-state index contributed by atoms with van der Waals surface area (Å²) >= 11 is 0. The Bertz CT molecular complexity index is 404. The van der Waals surface area contributed by atoms with Gasteiger partial charge in [0.1, 0.15) is 5.75 Å². The van der Waals surface area contributed by atoms with Crippen LogP contribution in [0.5, 0.6) is 5.75 Å². The number of aliphatic carboxylic acids is 1. The van der Waals surface area contributed by atoms with E-state index in [2.05, 4.69) is 0 Å². The molecule has 0 radical (unpaired) electrons. The minimum absolute atomic E-state index is 0.0439. The molecule has 0 bridgehead atoms. The SMILES string of the molecule is Cc1cc(CC(F)(F)C(=O)O)cc(C)c1O. The summed E-state index contributed by atoms with van der Waals surface area (Å²) in [6.45, 7) is 3.15. The number of hydrogen-bond acceptors (Lipinski definition) is 2. The highest BCUT2D eigenvalue weighted by molar-refractivity contribution is 5.75. The highest BCUT2D eigenvalue weighted by atomic mass is 19.3. The van der Waals surface area contributed by atoms with Crippen LogP contribution in [0.25, 0.3) is 0 Å². The Hall–Kier alpha value is -1.65. The first-order valence-corrected chi connectivity index (χ1v) is 4.64. The number of carboxylic acid groups (broad SMARTS) is 1. The van der Waals surface area contributed by atoms with Crippen molar-refractivity contribution in [2.24, 2.45) is 0 Å². The minimum Gasteiger partial charge on any atom is -0.507 e. The van der Waals surface area contributed by atoms with E-state index < -0.39 is 18.3 Å². The van der Waals surface area contributed by atoms with Crippen LogP contribution in [0.15, 0.2) is 12.1 Å². The van der Waals surface area contributed by atoms with Crippen molar-refractivity contribution in [1.29, 1.82) is 0 Å². The summed E-state index contributed by atoms with van der Waals surface area (Å²) in [6, 6.07) is 2.72. The molecule has 0 saturated carbocycles. The third kappa shape index (κ3) is 2.48. The Labute approximate surface area is 91.3 Å². The average Bonchev–Trinajstić information content (AvgIpc) is 2.13. The number of benzene rings is 1. The number of carbonyl (C=O) groups is 1. The number of halogens is 2. The second kappa shape index (κ2) is 4.08. The fourth-order valence-corrected chi connectivity index (χ4v) is 1.48. The van der Waals surface area contributed by atoms with E-state index in [-0.39, 0.29) is 11.3 Å². The third-order valence-electron chi connectivity index (χ3n) is 2.29. The van der Waals surface area contributed by atoms with E-state index in [1.807, 2.05) is 0 Å². The molecule has 1 aromatic rings. The van der Waals surface area contributed by atoms with Gasteiger partial charge in [-0.2, -0.15) is 8.78 Å². The quantitative estimate of drug-likeness (QED) is 0.837. The van der Waals surface area contributed by atoms with Crippen LogP contribution in [-0.2, 0) is 11.2 Å². The molecule has 1 aromatic carbocycles. The molecule has 2 N–H and O–H groups in total. The third-order valence-corrected chi connectivity index (χ3v) is 2.29. The first kappa shape index (κ1) is 12.4. The van der Waals surface area contributed by atoms with E-state index in [0.29, 0.717) is 11.1 Å². The fourth-order valence-electron chi connectivity index (χ4n) is 1.48. The molecule has 0 fully saturated rings. The van der Waals surface area contributed by atoms with E-state index in [9.17, 15) is 18.7 Å². The zero-order valence-electron chi connectivity index (χ0n) is 8.92. The van der Waals surface area contributed by atoms with Gasteiger partial charge in [-0.1, -0.05) is 12.1 Å². The van der Waals surface area contributed by atoms with Gasteiger partial charge in [0.15, 0.2) is 0 Å². The van der Waals surface area contributed by atoms with Gasteiger partial charge in [0.05, 0.1) is 0 Å². The van der Waals surface area contributed by atoms with Crippen molar-refractivity contribution in [2.75, 3.05) is 0 Å². The van der Waals surface area contributed by atoms with E-state index >= 15 is 0 Å². The summed E-state index contributed by atoms with van der Waals surface area (Å²) in [4.78, 5) is 10.3. The van der Waals surface area contributed by atoms with Gasteiger partial charge in [-0.3, -0.25) is 0 Å². The molecule has 0 spiro atoms. The Morgan fingerprint density at radius 2 is 1.75 bits per heavy atom. The van der Waals surface area contributed by atoms with E-state index in [1.54, 1.807) is 13.8 Å². The lowest BCUT2D eigenvalue weighted by molar-refractivity contribution is -0.164. The number of phenols is 1. The molecule has 0 heterocycles. The Kier molecular flexibility index (Phi) is 3.16. The Balaban J connectivity index is 3.04. The molecule has 0 aliphatic rings. The summed E-state index contributed by atoms with van der Waals surface area (Å²) in [7, 11) is 0. The van der Waals surface area contributed by atoms with Crippen molar-refractivity contribution < 1.29 is 23.8 Å². The first-order valence-electron chi connectivity index (χ1n) is 4.64. The largest absolute Gasteiger partial charge is 0.507 e.